The van der Waals surface area contributed by atoms with E-state index in [1.807, 2.05) is 0 Å². The Morgan fingerprint density at radius 1 is 1.12 bits per heavy atom. The number of carboxylic acids is 2. The van der Waals surface area contributed by atoms with Crippen molar-refractivity contribution in [2.45, 2.75) is 6.42 Å². The van der Waals surface area contributed by atoms with Gasteiger partial charge in [0.15, 0.2) is 0 Å². The van der Waals surface area contributed by atoms with Crippen molar-refractivity contribution in [2.24, 2.45) is 0 Å². The van der Waals surface area contributed by atoms with Gasteiger partial charge in [-0.3, -0.25) is 4.79 Å². The molecule has 92 valence electrons. The molecule has 0 aliphatic heterocycles. The summed E-state index contributed by atoms with van der Waals surface area (Å²) in [6, 6.07) is 2.53. The van der Waals surface area contributed by atoms with Gasteiger partial charge in [0, 0.05) is 5.56 Å². The molecule has 0 bridgehead atoms. The van der Waals surface area contributed by atoms with Gasteiger partial charge in [0.1, 0.15) is 11.5 Å². The molecule has 2 N–H and O–H groups in total. The van der Waals surface area contributed by atoms with E-state index in [2.05, 4.69) is 0 Å². The smallest absolute Gasteiger partial charge is 0.335 e. The van der Waals surface area contributed by atoms with Crippen LogP contribution in [-0.4, -0.2) is 36.4 Å². The second-order valence-electron chi connectivity index (χ2n) is 3.23. The van der Waals surface area contributed by atoms with E-state index < -0.39 is 11.9 Å². The number of methoxy groups -OCH3 is 2. The topological polar surface area (TPSA) is 93.1 Å². The van der Waals surface area contributed by atoms with E-state index in [9.17, 15) is 9.59 Å². The van der Waals surface area contributed by atoms with Crippen molar-refractivity contribution in [2.75, 3.05) is 14.2 Å². The first-order valence-corrected chi connectivity index (χ1v) is 4.69. The van der Waals surface area contributed by atoms with Crippen molar-refractivity contribution in [3.05, 3.63) is 23.3 Å². The number of hydrogen-bond donors (Lipinski definition) is 2. The van der Waals surface area contributed by atoms with Crippen LogP contribution in [0.2, 0.25) is 0 Å². The molecule has 0 aliphatic carbocycles. The van der Waals surface area contributed by atoms with E-state index in [4.69, 9.17) is 19.7 Å². The van der Waals surface area contributed by atoms with Crippen LogP contribution in [-0.2, 0) is 11.2 Å². The Kier molecular flexibility index (Phi) is 3.92. The lowest BCUT2D eigenvalue weighted by atomic mass is 10.1. The van der Waals surface area contributed by atoms with Crippen LogP contribution in [0, 0.1) is 0 Å². The predicted octanol–water partition coefficient (Wildman–Crippen LogP) is 1.03. The van der Waals surface area contributed by atoms with Gasteiger partial charge >= 0.3 is 11.9 Å². The molecule has 0 aromatic heterocycles. The quantitative estimate of drug-likeness (QED) is 0.798. The van der Waals surface area contributed by atoms with Gasteiger partial charge in [-0.2, -0.15) is 0 Å². The van der Waals surface area contributed by atoms with Crippen molar-refractivity contribution in [3.63, 3.8) is 0 Å². The van der Waals surface area contributed by atoms with Crippen LogP contribution in [0.25, 0.3) is 0 Å². The minimum absolute atomic E-state index is 0.0205. The zero-order valence-electron chi connectivity index (χ0n) is 9.39. The van der Waals surface area contributed by atoms with Crippen LogP contribution in [0.15, 0.2) is 12.1 Å². The number of hydrogen-bond acceptors (Lipinski definition) is 4. The van der Waals surface area contributed by atoms with E-state index in [0.29, 0.717) is 5.56 Å². The fourth-order valence-corrected chi connectivity index (χ4v) is 1.43. The number of carboxylic acid groups (broad SMARTS) is 2. The summed E-state index contributed by atoms with van der Waals surface area (Å²) in [6.45, 7) is 0. The summed E-state index contributed by atoms with van der Waals surface area (Å²) in [4.78, 5) is 21.5. The Bertz CT molecular complexity index is 426. The maximum absolute atomic E-state index is 10.8. The number of aromatic carboxylic acids is 1. The SMILES string of the molecule is COc1cc(C(=O)O)cc(OC)c1CC(=O)O. The fraction of sp³-hybridized carbons (Fsp3) is 0.273. The van der Waals surface area contributed by atoms with Gasteiger partial charge < -0.3 is 19.7 Å². The number of rotatable bonds is 5. The van der Waals surface area contributed by atoms with Crippen LogP contribution < -0.4 is 9.47 Å². The van der Waals surface area contributed by atoms with Gasteiger partial charge in [-0.05, 0) is 12.1 Å². The number of carbonyl (C=O) groups is 2. The van der Waals surface area contributed by atoms with Gasteiger partial charge in [-0.25, -0.2) is 4.79 Å². The van der Waals surface area contributed by atoms with Gasteiger partial charge in [0.25, 0.3) is 0 Å². The molecule has 0 amide bonds. The highest BCUT2D eigenvalue weighted by Crippen LogP contribution is 2.31. The van der Waals surface area contributed by atoms with Crippen LogP contribution in [0.4, 0.5) is 0 Å². The lowest BCUT2D eigenvalue weighted by Gasteiger charge is -2.12. The van der Waals surface area contributed by atoms with Gasteiger partial charge in [0.2, 0.25) is 0 Å². The molecule has 6 nitrogen and oxygen atoms in total. The van der Waals surface area contributed by atoms with Gasteiger partial charge in [0.05, 0.1) is 26.2 Å². The van der Waals surface area contributed by atoms with Crippen molar-refractivity contribution >= 4 is 11.9 Å². The molecular formula is C11H12O6. The Hall–Kier alpha value is -2.24. The molecule has 0 unspecified atom stereocenters. The first kappa shape index (κ1) is 12.8. The molecule has 0 heterocycles. The third-order valence-corrected chi connectivity index (χ3v) is 2.18. The lowest BCUT2D eigenvalue weighted by Crippen LogP contribution is -2.07. The highest BCUT2D eigenvalue weighted by molar-refractivity contribution is 5.89. The van der Waals surface area contributed by atoms with Crippen LogP contribution in [0.5, 0.6) is 11.5 Å². The van der Waals surface area contributed by atoms with E-state index in [1.54, 1.807) is 0 Å². The highest BCUT2D eigenvalue weighted by atomic mass is 16.5. The molecule has 1 aromatic rings. The normalized spacial score (nSPS) is 9.76. The molecule has 0 aliphatic rings. The average Bonchev–Trinajstić information content (AvgIpc) is 2.28. The summed E-state index contributed by atoms with van der Waals surface area (Å²) in [7, 11) is 2.68. The summed E-state index contributed by atoms with van der Waals surface area (Å²) in [6.07, 6.45) is -0.299. The monoisotopic (exact) mass is 240 g/mol. The Balaban J connectivity index is 3.35. The van der Waals surface area contributed by atoms with Crippen LogP contribution in [0.3, 0.4) is 0 Å². The van der Waals surface area contributed by atoms with Crippen molar-refractivity contribution in [3.8, 4) is 11.5 Å². The Labute approximate surface area is 97.4 Å². The molecular weight excluding hydrogens is 228 g/mol. The molecule has 17 heavy (non-hydrogen) atoms. The largest absolute Gasteiger partial charge is 0.496 e. The lowest BCUT2D eigenvalue weighted by molar-refractivity contribution is -0.136. The Morgan fingerprint density at radius 2 is 1.59 bits per heavy atom. The Morgan fingerprint density at radius 3 is 1.88 bits per heavy atom. The molecule has 0 atom stereocenters. The summed E-state index contributed by atoms with van der Waals surface area (Å²) < 4.78 is 9.95. The van der Waals surface area contributed by atoms with E-state index in [0.717, 1.165) is 0 Å². The first-order valence-electron chi connectivity index (χ1n) is 4.69. The maximum atomic E-state index is 10.8. The summed E-state index contributed by atoms with van der Waals surface area (Å²) in [5, 5.41) is 17.6. The number of aliphatic carboxylic acids is 1. The third kappa shape index (κ3) is 2.87. The standard InChI is InChI=1S/C11H12O6/c1-16-8-3-6(11(14)15)4-9(17-2)7(8)5-10(12)13/h3-4H,5H2,1-2H3,(H,12,13)(H,14,15). The van der Waals surface area contributed by atoms with Crippen molar-refractivity contribution < 1.29 is 29.3 Å². The van der Waals surface area contributed by atoms with Crippen molar-refractivity contribution in [1.29, 1.82) is 0 Å². The number of ether oxygens (including phenoxy) is 2. The van der Waals surface area contributed by atoms with Crippen LogP contribution in [0.1, 0.15) is 15.9 Å². The molecule has 6 heteroatoms. The van der Waals surface area contributed by atoms with E-state index >= 15 is 0 Å². The summed E-state index contributed by atoms with van der Waals surface area (Å²) in [5.74, 6) is -1.82. The molecule has 1 aromatic carbocycles. The highest BCUT2D eigenvalue weighted by Gasteiger charge is 2.17. The second-order valence-corrected chi connectivity index (χ2v) is 3.23. The summed E-state index contributed by atoms with van der Waals surface area (Å²) >= 11 is 0. The van der Waals surface area contributed by atoms with Gasteiger partial charge in [-0.1, -0.05) is 0 Å². The zero-order valence-corrected chi connectivity index (χ0v) is 9.39. The molecule has 0 fully saturated rings. The second kappa shape index (κ2) is 5.20. The maximum Gasteiger partial charge on any atom is 0.335 e. The van der Waals surface area contributed by atoms with E-state index in [-0.39, 0.29) is 23.5 Å². The van der Waals surface area contributed by atoms with Crippen LogP contribution >= 0.6 is 0 Å². The number of benzene rings is 1. The molecule has 1 rings (SSSR count). The molecule has 0 saturated heterocycles. The summed E-state index contributed by atoms with van der Waals surface area (Å²) in [5.41, 5.74) is 0.292. The first-order chi connectivity index (χ1) is 7.99. The fourth-order valence-electron chi connectivity index (χ4n) is 1.43. The minimum atomic E-state index is -1.14. The molecule has 0 radical (unpaired) electrons. The van der Waals surface area contributed by atoms with Crippen molar-refractivity contribution in [1.82, 2.24) is 0 Å². The average molecular weight is 240 g/mol. The third-order valence-electron chi connectivity index (χ3n) is 2.18. The van der Waals surface area contributed by atoms with Gasteiger partial charge in [-0.15, -0.1) is 0 Å². The molecule has 0 spiro atoms. The predicted molar refractivity (Wildman–Crippen MR) is 57.8 cm³/mol. The zero-order chi connectivity index (χ0) is 13.0. The molecule has 0 saturated carbocycles. The minimum Gasteiger partial charge on any atom is -0.496 e. The van der Waals surface area contributed by atoms with E-state index in [1.165, 1.54) is 26.4 Å².